The average molecular weight is 544 g/mol. The van der Waals surface area contributed by atoms with E-state index in [0.29, 0.717) is 5.69 Å². The van der Waals surface area contributed by atoms with E-state index in [0.717, 1.165) is 38.7 Å². The SMILES string of the molecule is Cc1ccc(NC(=O)C(Cc2c[nH]c3ccccc23)N(C(=O)Cc2ccccc2)C(=O)Cc2ccccc2)c(C)c1. The van der Waals surface area contributed by atoms with Crippen LogP contribution in [0.5, 0.6) is 0 Å². The number of rotatable bonds is 9. The fraction of sp³-hybridized carbons (Fsp3) is 0.171. The first-order valence-corrected chi connectivity index (χ1v) is 13.7. The van der Waals surface area contributed by atoms with Gasteiger partial charge in [0.15, 0.2) is 0 Å². The molecule has 1 heterocycles. The maximum absolute atomic E-state index is 14.1. The molecule has 5 rings (SSSR count). The number of hydrogen-bond acceptors (Lipinski definition) is 3. The minimum absolute atomic E-state index is 0.00257. The molecule has 0 saturated heterocycles. The molecule has 41 heavy (non-hydrogen) atoms. The molecule has 1 unspecified atom stereocenters. The fourth-order valence-electron chi connectivity index (χ4n) is 5.18. The molecule has 6 nitrogen and oxygen atoms in total. The number of imide groups is 1. The largest absolute Gasteiger partial charge is 0.361 e. The van der Waals surface area contributed by atoms with Crippen LogP contribution in [0.3, 0.4) is 0 Å². The van der Waals surface area contributed by atoms with Crippen LogP contribution >= 0.6 is 0 Å². The molecule has 2 N–H and O–H groups in total. The number of carbonyl (C=O) groups is 3. The molecule has 5 aromatic rings. The van der Waals surface area contributed by atoms with E-state index in [2.05, 4.69) is 10.3 Å². The van der Waals surface area contributed by atoms with Gasteiger partial charge in [0.2, 0.25) is 17.7 Å². The van der Waals surface area contributed by atoms with Gasteiger partial charge in [0, 0.05) is 29.2 Å². The Kier molecular flexibility index (Phi) is 8.39. The van der Waals surface area contributed by atoms with Crippen LogP contribution in [-0.4, -0.2) is 33.6 Å². The number of aromatic amines is 1. The van der Waals surface area contributed by atoms with E-state index in [4.69, 9.17) is 0 Å². The van der Waals surface area contributed by atoms with Crippen molar-refractivity contribution in [3.63, 3.8) is 0 Å². The van der Waals surface area contributed by atoms with Crippen molar-refractivity contribution < 1.29 is 14.4 Å². The monoisotopic (exact) mass is 543 g/mol. The van der Waals surface area contributed by atoms with E-state index in [1.165, 1.54) is 4.90 Å². The molecule has 1 atom stereocenters. The number of hydrogen-bond donors (Lipinski definition) is 2. The Morgan fingerprint density at radius 2 is 1.34 bits per heavy atom. The number of benzene rings is 4. The Balaban J connectivity index is 1.55. The lowest BCUT2D eigenvalue weighted by molar-refractivity contribution is -0.150. The van der Waals surface area contributed by atoms with E-state index in [-0.39, 0.29) is 19.3 Å². The predicted molar refractivity (Wildman–Crippen MR) is 162 cm³/mol. The third-order valence-corrected chi connectivity index (χ3v) is 7.28. The quantitative estimate of drug-likeness (QED) is 0.233. The van der Waals surface area contributed by atoms with Crippen LogP contribution in [0.25, 0.3) is 10.9 Å². The van der Waals surface area contributed by atoms with E-state index in [1.54, 1.807) is 0 Å². The zero-order valence-electron chi connectivity index (χ0n) is 23.3. The maximum Gasteiger partial charge on any atom is 0.248 e. The summed E-state index contributed by atoms with van der Waals surface area (Å²) in [6, 6.07) is 31.1. The van der Waals surface area contributed by atoms with Crippen molar-refractivity contribution in [1.82, 2.24) is 9.88 Å². The van der Waals surface area contributed by atoms with Gasteiger partial charge in [-0.05, 0) is 48.2 Å². The Bertz CT molecular complexity index is 1620. The van der Waals surface area contributed by atoms with Gasteiger partial charge in [0.05, 0.1) is 12.8 Å². The molecule has 4 aromatic carbocycles. The summed E-state index contributed by atoms with van der Waals surface area (Å²) in [6.07, 6.45) is 2.02. The molecule has 0 radical (unpaired) electrons. The molecule has 0 aliphatic rings. The second-order valence-corrected chi connectivity index (χ2v) is 10.4. The van der Waals surface area contributed by atoms with Crippen LogP contribution in [-0.2, 0) is 33.6 Å². The Labute approximate surface area is 240 Å². The fourth-order valence-corrected chi connectivity index (χ4v) is 5.18. The number of fused-ring (bicyclic) bond motifs is 1. The molecule has 206 valence electrons. The number of amides is 3. The van der Waals surface area contributed by atoms with Crippen molar-refractivity contribution in [3.05, 3.63) is 137 Å². The van der Waals surface area contributed by atoms with Gasteiger partial charge in [-0.3, -0.25) is 19.3 Å². The van der Waals surface area contributed by atoms with Crippen molar-refractivity contribution in [3.8, 4) is 0 Å². The molecule has 1 aromatic heterocycles. The molecule has 0 spiro atoms. The van der Waals surface area contributed by atoms with Crippen LogP contribution in [0.15, 0.2) is 109 Å². The molecular weight excluding hydrogens is 510 g/mol. The molecule has 0 aliphatic heterocycles. The number of nitrogens with one attached hydrogen (secondary N) is 2. The minimum atomic E-state index is -1.07. The number of carbonyl (C=O) groups excluding carboxylic acids is 3. The van der Waals surface area contributed by atoms with Gasteiger partial charge >= 0.3 is 0 Å². The topological polar surface area (TPSA) is 82.3 Å². The Morgan fingerprint density at radius 1 is 0.756 bits per heavy atom. The zero-order chi connectivity index (χ0) is 28.8. The summed E-state index contributed by atoms with van der Waals surface area (Å²) in [5.41, 5.74) is 5.96. The molecule has 0 bridgehead atoms. The van der Waals surface area contributed by atoms with Crippen LogP contribution in [0.1, 0.15) is 27.8 Å². The average Bonchev–Trinajstić information content (AvgIpc) is 3.38. The summed E-state index contributed by atoms with van der Waals surface area (Å²) in [5, 5.41) is 3.97. The van der Waals surface area contributed by atoms with Gasteiger partial charge in [0.25, 0.3) is 0 Å². The Hall–Kier alpha value is -4.97. The summed E-state index contributed by atoms with van der Waals surface area (Å²) < 4.78 is 0. The first-order valence-electron chi connectivity index (χ1n) is 13.7. The highest BCUT2D eigenvalue weighted by Crippen LogP contribution is 2.24. The van der Waals surface area contributed by atoms with Crippen LogP contribution in [0.2, 0.25) is 0 Å². The molecular formula is C35H33N3O3. The van der Waals surface area contributed by atoms with Crippen LogP contribution < -0.4 is 5.32 Å². The molecule has 0 saturated carbocycles. The minimum Gasteiger partial charge on any atom is -0.361 e. The van der Waals surface area contributed by atoms with E-state index in [1.807, 2.05) is 123 Å². The van der Waals surface area contributed by atoms with Crippen molar-refractivity contribution in [2.24, 2.45) is 0 Å². The van der Waals surface area contributed by atoms with Crippen molar-refractivity contribution in [2.75, 3.05) is 5.32 Å². The first-order chi connectivity index (χ1) is 19.9. The maximum atomic E-state index is 14.1. The first kappa shape index (κ1) is 27.6. The number of aromatic nitrogens is 1. The molecule has 3 amide bonds. The lowest BCUT2D eigenvalue weighted by Gasteiger charge is -2.30. The lowest BCUT2D eigenvalue weighted by Crippen LogP contribution is -2.52. The van der Waals surface area contributed by atoms with Gasteiger partial charge < -0.3 is 10.3 Å². The second kappa shape index (κ2) is 12.5. The van der Waals surface area contributed by atoms with Crippen molar-refractivity contribution in [1.29, 1.82) is 0 Å². The third kappa shape index (κ3) is 6.61. The summed E-state index contributed by atoms with van der Waals surface area (Å²) in [7, 11) is 0. The van der Waals surface area contributed by atoms with Crippen LogP contribution in [0.4, 0.5) is 5.69 Å². The van der Waals surface area contributed by atoms with E-state index >= 15 is 0 Å². The summed E-state index contributed by atoms with van der Waals surface area (Å²) >= 11 is 0. The van der Waals surface area contributed by atoms with E-state index in [9.17, 15) is 14.4 Å². The third-order valence-electron chi connectivity index (χ3n) is 7.28. The summed E-state index contributed by atoms with van der Waals surface area (Å²) in [6.45, 7) is 3.92. The van der Waals surface area contributed by atoms with Gasteiger partial charge in [0.1, 0.15) is 6.04 Å². The molecule has 6 heteroatoms. The lowest BCUT2D eigenvalue weighted by atomic mass is 10.00. The standard InChI is InChI=1S/C35H33N3O3/c1-24-17-18-30(25(2)19-24)37-35(41)32(22-28-23-36-31-16-10-9-15-29(28)31)38(33(39)20-26-11-5-3-6-12-26)34(40)21-27-13-7-4-8-14-27/h3-19,23,32,36H,20-22H2,1-2H3,(H,37,41). The number of para-hydroxylation sites is 1. The molecule has 0 aliphatic carbocycles. The van der Waals surface area contributed by atoms with Gasteiger partial charge in [-0.2, -0.15) is 0 Å². The Morgan fingerprint density at radius 3 is 1.95 bits per heavy atom. The summed E-state index contributed by atoms with van der Waals surface area (Å²) in [4.78, 5) is 46.5. The number of anilines is 1. The van der Waals surface area contributed by atoms with Gasteiger partial charge in [-0.25, -0.2) is 0 Å². The normalized spacial score (nSPS) is 11.7. The highest BCUT2D eigenvalue weighted by molar-refractivity contribution is 6.05. The highest BCUT2D eigenvalue weighted by Gasteiger charge is 2.35. The smallest absolute Gasteiger partial charge is 0.248 e. The predicted octanol–water partition coefficient (Wildman–Crippen LogP) is 6.18. The van der Waals surface area contributed by atoms with Crippen LogP contribution in [0, 0.1) is 13.8 Å². The van der Waals surface area contributed by atoms with E-state index < -0.39 is 23.8 Å². The second-order valence-electron chi connectivity index (χ2n) is 10.4. The molecule has 0 fully saturated rings. The number of H-pyrrole nitrogens is 1. The van der Waals surface area contributed by atoms with Crippen molar-refractivity contribution >= 4 is 34.3 Å². The number of nitrogens with zero attached hydrogens (tertiary/aromatic N) is 1. The van der Waals surface area contributed by atoms with Gasteiger partial charge in [-0.1, -0.05) is 96.6 Å². The highest BCUT2D eigenvalue weighted by atomic mass is 16.2. The number of aryl methyl sites for hydroxylation is 2. The van der Waals surface area contributed by atoms with Crippen molar-refractivity contribution in [2.45, 2.75) is 39.2 Å². The van der Waals surface area contributed by atoms with Gasteiger partial charge in [-0.15, -0.1) is 0 Å². The summed E-state index contributed by atoms with van der Waals surface area (Å²) in [5.74, 6) is -1.25. The zero-order valence-corrected chi connectivity index (χ0v) is 23.3.